The summed E-state index contributed by atoms with van der Waals surface area (Å²) in [5.41, 5.74) is 11.8. The Morgan fingerprint density at radius 3 is 2.23 bits per heavy atom. The molecular formula is C47H29N3OS. The summed E-state index contributed by atoms with van der Waals surface area (Å²) in [4.78, 5) is 11.1. The van der Waals surface area contributed by atoms with Crippen molar-refractivity contribution in [3.8, 4) is 28.3 Å². The number of hydrogen-bond acceptors (Lipinski definition) is 4. The third-order valence-electron chi connectivity index (χ3n) is 11.4. The first-order chi connectivity index (χ1) is 25.6. The molecule has 7 aromatic carbocycles. The summed E-state index contributed by atoms with van der Waals surface area (Å²) in [6, 6.07) is 49.9. The van der Waals surface area contributed by atoms with Gasteiger partial charge in [0.15, 0.2) is 0 Å². The van der Waals surface area contributed by atoms with E-state index in [0.29, 0.717) is 5.95 Å². The van der Waals surface area contributed by atoms with Crippen LogP contribution in [0.3, 0.4) is 0 Å². The van der Waals surface area contributed by atoms with Crippen LogP contribution in [0.15, 0.2) is 144 Å². The summed E-state index contributed by atoms with van der Waals surface area (Å²) in [6.45, 7) is 4.71. The molecule has 11 aromatic rings. The third kappa shape index (κ3) is 3.56. The lowest BCUT2D eigenvalue weighted by Crippen LogP contribution is -2.15. The second kappa shape index (κ2) is 9.93. The van der Waals surface area contributed by atoms with Gasteiger partial charge in [-0.15, -0.1) is 11.3 Å². The predicted octanol–water partition coefficient (Wildman–Crippen LogP) is 13.0. The maximum atomic E-state index is 6.72. The second-order valence-electron chi connectivity index (χ2n) is 14.5. The van der Waals surface area contributed by atoms with E-state index in [1.54, 1.807) is 11.3 Å². The maximum Gasteiger partial charge on any atom is 0.235 e. The van der Waals surface area contributed by atoms with E-state index in [1.165, 1.54) is 53.9 Å². The molecule has 0 unspecified atom stereocenters. The number of hydrogen-bond donors (Lipinski definition) is 0. The summed E-state index contributed by atoms with van der Waals surface area (Å²) in [5, 5.41) is 8.32. The number of furan rings is 1. The fraction of sp³-hybridized carbons (Fsp3) is 0.0638. The molecule has 244 valence electrons. The van der Waals surface area contributed by atoms with E-state index in [9.17, 15) is 0 Å². The molecule has 0 fully saturated rings. The molecule has 0 N–H and O–H groups in total. The fourth-order valence-electron chi connectivity index (χ4n) is 9.18. The van der Waals surface area contributed by atoms with Crippen LogP contribution < -0.4 is 0 Å². The molecule has 0 amide bonds. The number of fused-ring (bicyclic) bond motifs is 15. The molecule has 0 radical (unpaired) electrons. The van der Waals surface area contributed by atoms with Crippen LogP contribution in [0.4, 0.5) is 0 Å². The van der Waals surface area contributed by atoms with E-state index in [0.717, 1.165) is 54.4 Å². The Morgan fingerprint density at radius 1 is 0.596 bits per heavy atom. The highest BCUT2D eigenvalue weighted by Crippen LogP contribution is 2.57. The molecule has 4 heterocycles. The molecular weight excluding hydrogens is 655 g/mol. The van der Waals surface area contributed by atoms with Gasteiger partial charge >= 0.3 is 0 Å². The second-order valence-corrected chi connectivity index (χ2v) is 15.5. The monoisotopic (exact) mass is 683 g/mol. The third-order valence-corrected chi connectivity index (χ3v) is 12.6. The number of aromatic nitrogens is 3. The van der Waals surface area contributed by atoms with Gasteiger partial charge < -0.3 is 4.42 Å². The summed E-state index contributed by atoms with van der Waals surface area (Å²) in [7, 11) is 0. The van der Waals surface area contributed by atoms with Crippen molar-refractivity contribution in [1.82, 2.24) is 14.5 Å². The van der Waals surface area contributed by atoms with Crippen LogP contribution in [-0.2, 0) is 5.41 Å². The van der Waals surface area contributed by atoms with Crippen molar-refractivity contribution >= 4 is 86.2 Å². The van der Waals surface area contributed by atoms with Gasteiger partial charge in [-0.2, -0.15) is 0 Å². The molecule has 52 heavy (non-hydrogen) atoms. The number of thiophene rings is 1. The molecule has 1 aliphatic carbocycles. The van der Waals surface area contributed by atoms with Crippen molar-refractivity contribution in [3.63, 3.8) is 0 Å². The highest BCUT2D eigenvalue weighted by atomic mass is 32.1. The van der Waals surface area contributed by atoms with Crippen LogP contribution in [0.5, 0.6) is 0 Å². The molecule has 1 aliphatic rings. The van der Waals surface area contributed by atoms with E-state index >= 15 is 0 Å². The van der Waals surface area contributed by atoms with Crippen molar-refractivity contribution < 1.29 is 4.42 Å². The summed E-state index contributed by atoms with van der Waals surface area (Å²) in [5.74, 6) is 0.663. The minimum atomic E-state index is -0.254. The Kier molecular flexibility index (Phi) is 5.43. The van der Waals surface area contributed by atoms with Crippen LogP contribution in [0.1, 0.15) is 25.0 Å². The molecule has 0 saturated carbocycles. The lowest BCUT2D eigenvalue weighted by atomic mass is 9.80. The van der Waals surface area contributed by atoms with Crippen molar-refractivity contribution in [3.05, 3.63) is 151 Å². The summed E-state index contributed by atoms with van der Waals surface area (Å²) in [6.07, 6.45) is 0. The standard InChI is InChI=1S/C47H29N3OS/c1-47(2)33-19-9-5-15-28(33)40-32(25-37-41(42(40)47)30-17-7-11-21-36(30)51-37)44-45-43(31-18-8-12-22-38(31)52-45)48-46(49-44)50-34-20-10-6-16-29(34)39-27-14-4-3-13-26(27)23-24-35(39)50/h3-25H,1-2H3. The molecule has 0 aliphatic heterocycles. The Morgan fingerprint density at radius 2 is 1.33 bits per heavy atom. The smallest absolute Gasteiger partial charge is 0.235 e. The minimum Gasteiger partial charge on any atom is -0.456 e. The quantitative estimate of drug-likeness (QED) is 0.182. The predicted molar refractivity (Wildman–Crippen MR) is 217 cm³/mol. The highest BCUT2D eigenvalue weighted by Gasteiger charge is 2.40. The van der Waals surface area contributed by atoms with Crippen molar-refractivity contribution in [2.45, 2.75) is 19.3 Å². The van der Waals surface area contributed by atoms with Crippen molar-refractivity contribution in [2.24, 2.45) is 0 Å². The van der Waals surface area contributed by atoms with Crippen molar-refractivity contribution in [2.75, 3.05) is 0 Å². The summed E-state index contributed by atoms with van der Waals surface area (Å²) < 4.78 is 11.3. The largest absolute Gasteiger partial charge is 0.456 e. The Bertz CT molecular complexity index is 3340. The Balaban J connectivity index is 1.27. The van der Waals surface area contributed by atoms with Crippen LogP contribution >= 0.6 is 11.3 Å². The Hall–Kier alpha value is -6.30. The zero-order valence-electron chi connectivity index (χ0n) is 28.4. The van der Waals surface area contributed by atoms with Crippen LogP contribution in [-0.4, -0.2) is 14.5 Å². The molecule has 0 spiro atoms. The average Bonchev–Trinajstić information content (AvgIpc) is 3.91. The molecule has 0 atom stereocenters. The van der Waals surface area contributed by atoms with E-state index in [4.69, 9.17) is 14.4 Å². The minimum absolute atomic E-state index is 0.254. The zero-order valence-corrected chi connectivity index (χ0v) is 29.3. The van der Waals surface area contributed by atoms with E-state index in [2.05, 4.69) is 158 Å². The lowest BCUT2D eigenvalue weighted by Gasteiger charge is -2.23. The molecule has 5 heteroatoms. The normalized spacial score (nSPS) is 13.7. The lowest BCUT2D eigenvalue weighted by molar-refractivity contribution is 0.657. The highest BCUT2D eigenvalue weighted by molar-refractivity contribution is 7.26. The molecule has 12 rings (SSSR count). The molecule has 4 aromatic heterocycles. The van der Waals surface area contributed by atoms with Gasteiger partial charge in [0, 0.05) is 42.6 Å². The van der Waals surface area contributed by atoms with Gasteiger partial charge in [-0.25, -0.2) is 9.97 Å². The Labute approximate surface area is 302 Å². The number of nitrogens with zero attached hydrogens (tertiary/aromatic N) is 3. The van der Waals surface area contributed by atoms with Crippen LogP contribution in [0.25, 0.3) is 103 Å². The number of rotatable bonds is 2. The molecule has 0 bridgehead atoms. The van der Waals surface area contributed by atoms with Gasteiger partial charge in [0.25, 0.3) is 0 Å². The topological polar surface area (TPSA) is 43.9 Å². The maximum absolute atomic E-state index is 6.72. The van der Waals surface area contributed by atoms with Gasteiger partial charge in [-0.1, -0.05) is 123 Å². The first kappa shape index (κ1) is 28.4. The van der Waals surface area contributed by atoms with Gasteiger partial charge in [0.05, 0.1) is 26.9 Å². The van der Waals surface area contributed by atoms with Gasteiger partial charge in [0.1, 0.15) is 11.2 Å². The van der Waals surface area contributed by atoms with Gasteiger partial charge in [-0.3, -0.25) is 4.57 Å². The van der Waals surface area contributed by atoms with Crippen molar-refractivity contribution in [1.29, 1.82) is 0 Å². The zero-order chi connectivity index (χ0) is 34.3. The van der Waals surface area contributed by atoms with E-state index in [-0.39, 0.29) is 5.41 Å². The molecule has 0 saturated heterocycles. The van der Waals surface area contributed by atoms with Crippen LogP contribution in [0.2, 0.25) is 0 Å². The number of para-hydroxylation sites is 2. The van der Waals surface area contributed by atoms with Gasteiger partial charge in [-0.05, 0) is 63.4 Å². The SMILES string of the molecule is CC1(C)c2ccccc2-c2c(-c3nc(-n4c5ccccc5c5c6ccccc6ccc54)nc4c3sc3ccccc34)cc3oc4ccccc4c3c21. The molecule has 4 nitrogen and oxygen atoms in total. The van der Waals surface area contributed by atoms with Crippen LogP contribution in [0, 0.1) is 0 Å². The van der Waals surface area contributed by atoms with E-state index in [1.807, 2.05) is 0 Å². The van der Waals surface area contributed by atoms with Gasteiger partial charge in [0.2, 0.25) is 5.95 Å². The fourth-order valence-corrected chi connectivity index (χ4v) is 10.3. The average molecular weight is 684 g/mol. The number of benzene rings is 7. The first-order valence-electron chi connectivity index (χ1n) is 17.8. The summed E-state index contributed by atoms with van der Waals surface area (Å²) >= 11 is 1.77. The van der Waals surface area contributed by atoms with E-state index < -0.39 is 0 Å². The first-order valence-corrected chi connectivity index (χ1v) is 18.6.